The van der Waals surface area contributed by atoms with E-state index < -0.39 is 5.97 Å². The minimum absolute atomic E-state index is 0.240. The molecule has 0 radical (unpaired) electrons. The molecule has 140 valence electrons. The maximum atomic E-state index is 12.1. The lowest BCUT2D eigenvalue weighted by Crippen LogP contribution is -2.16. The lowest BCUT2D eigenvalue weighted by atomic mass is 9.86. The van der Waals surface area contributed by atoms with Crippen LogP contribution in [0.25, 0.3) is 0 Å². The van der Waals surface area contributed by atoms with E-state index in [4.69, 9.17) is 16.7 Å². The van der Waals surface area contributed by atoms with Gasteiger partial charge in [0.15, 0.2) is 0 Å². The maximum absolute atomic E-state index is 12.1. The van der Waals surface area contributed by atoms with Gasteiger partial charge in [0, 0.05) is 24.1 Å². The second kappa shape index (κ2) is 12.7. The second-order valence-corrected chi connectivity index (χ2v) is 8.01. The summed E-state index contributed by atoms with van der Waals surface area (Å²) in [6.45, 7) is 2.21. The Bertz CT molecular complexity index is 370. The first-order valence-corrected chi connectivity index (χ1v) is 10.4. The van der Waals surface area contributed by atoms with Crippen molar-refractivity contribution in [3.63, 3.8) is 0 Å². The van der Waals surface area contributed by atoms with Gasteiger partial charge in [0.25, 0.3) is 0 Å². The number of ketones is 1. The number of hydrogen-bond acceptors (Lipinski definition) is 2. The van der Waals surface area contributed by atoms with Crippen LogP contribution >= 0.6 is 11.6 Å². The lowest BCUT2D eigenvalue weighted by Gasteiger charge is -2.19. The van der Waals surface area contributed by atoms with Gasteiger partial charge in [-0.2, -0.15) is 0 Å². The Morgan fingerprint density at radius 2 is 1.88 bits per heavy atom. The van der Waals surface area contributed by atoms with E-state index in [2.05, 4.69) is 6.92 Å². The highest BCUT2D eigenvalue weighted by molar-refractivity contribution is 6.20. The van der Waals surface area contributed by atoms with Crippen molar-refractivity contribution in [2.45, 2.75) is 102 Å². The molecule has 0 aliphatic heterocycles. The molecule has 1 aliphatic carbocycles. The highest BCUT2D eigenvalue weighted by Crippen LogP contribution is 2.36. The third-order valence-corrected chi connectivity index (χ3v) is 5.81. The summed E-state index contributed by atoms with van der Waals surface area (Å²) in [6.07, 6.45) is 13.8. The van der Waals surface area contributed by atoms with Crippen LogP contribution < -0.4 is 0 Å². The van der Waals surface area contributed by atoms with Crippen molar-refractivity contribution in [1.29, 1.82) is 0 Å². The number of carboxylic acid groups (broad SMARTS) is 1. The number of carboxylic acids is 1. The molecule has 0 saturated heterocycles. The molecule has 0 aromatic heterocycles. The van der Waals surface area contributed by atoms with E-state index in [-0.39, 0.29) is 17.7 Å². The molecule has 24 heavy (non-hydrogen) atoms. The predicted octanol–water partition coefficient (Wildman–Crippen LogP) is 5.97. The summed E-state index contributed by atoms with van der Waals surface area (Å²) >= 11 is 6.43. The number of alkyl halides is 1. The maximum Gasteiger partial charge on any atom is 0.303 e. The number of unbranched alkanes of at least 4 members (excludes halogenated alkanes) is 5. The smallest absolute Gasteiger partial charge is 0.303 e. The van der Waals surface area contributed by atoms with E-state index in [0.717, 1.165) is 64.2 Å². The molecule has 0 aromatic carbocycles. The Morgan fingerprint density at radius 1 is 1.12 bits per heavy atom. The quantitative estimate of drug-likeness (QED) is 0.307. The Kier molecular flexibility index (Phi) is 11.4. The molecule has 0 bridgehead atoms. The third-order valence-electron chi connectivity index (χ3n) is 5.37. The first-order chi connectivity index (χ1) is 11.5. The molecular formula is C20H35ClO3. The summed E-state index contributed by atoms with van der Waals surface area (Å²) in [4.78, 5) is 22.6. The zero-order valence-electron chi connectivity index (χ0n) is 15.3. The van der Waals surface area contributed by atoms with Crippen molar-refractivity contribution in [3.05, 3.63) is 0 Å². The molecule has 1 unspecified atom stereocenters. The summed E-state index contributed by atoms with van der Waals surface area (Å²) in [5.41, 5.74) is 0. The average molecular weight is 359 g/mol. The number of halogens is 1. The molecule has 1 fully saturated rings. The van der Waals surface area contributed by atoms with E-state index in [0.29, 0.717) is 11.7 Å². The molecule has 0 aromatic rings. The van der Waals surface area contributed by atoms with Gasteiger partial charge in [0.2, 0.25) is 0 Å². The molecule has 4 heteroatoms. The first kappa shape index (κ1) is 21.5. The van der Waals surface area contributed by atoms with Crippen LogP contribution in [-0.4, -0.2) is 22.2 Å². The molecule has 1 N–H and O–H groups in total. The molecule has 1 rings (SSSR count). The zero-order valence-corrected chi connectivity index (χ0v) is 16.0. The molecule has 1 aliphatic rings. The van der Waals surface area contributed by atoms with Gasteiger partial charge in [-0.25, -0.2) is 0 Å². The van der Waals surface area contributed by atoms with Crippen LogP contribution in [0.1, 0.15) is 96.8 Å². The van der Waals surface area contributed by atoms with Crippen molar-refractivity contribution in [3.8, 4) is 0 Å². The third kappa shape index (κ3) is 9.05. The molecule has 1 saturated carbocycles. The van der Waals surface area contributed by atoms with Gasteiger partial charge in [0.05, 0.1) is 0 Å². The fraction of sp³-hybridized carbons (Fsp3) is 0.900. The van der Waals surface area contributed by atoms with Gasteiger partial charge in [-0.1, -0.05) is 45.4 Å². The molecule has 3 atom stereocenters. The van der Waals surface area contributed by atoms with Gasteiger partial charge in [0.1, 0.15) is 5.78 Å². The first-order valence-electron chi connectivity index (χ1n) is 9.93. The van der Waals surface area contributed by atoms with Crippen molar-refractivity contribution < 1.29 is 14.7 Å². The minimum atomic E-state index is -0.712. The van der Waals surface area contributed by atoms with Gasteiger partial charge >= 0.3 is 5.97 Å². The Labute approximate surface area is 152 Å². The van der Waals surface area contributed by atoms with Crippen molar-refractivity contribution in [2.24, 2.45) is 11.8 Å². The number of rotatable bonds is 14. The molecule has 0 heterocycles. The van der Waals surface area contributed by atoms with E-state index in [1.165, 1.54) is 19.3 Å². The Morgan fingerprint density at radius 3 is 2.58 bits per heavy atom. The topological polar surface area (TPSA) is 54.4 Å². The number of aliphatic carboxylic acids is 1. The van der Waals surface area contributed by atoms with Crippen LogP contribution in [0.4, 0.5) is 0 Å². The Hall–Kier alpha value is -0.570. The summed E-state index contributed by atoms with van der Waals surface area (Å²) in [5, 5.41) is 8.90. The molecule has 0 spiro atoms. The predicted molar refractivity (Wildman–Crippen MR) is 99.6 cm³/mol. The summed E-state index contributed by atoms with van der Waals surface area (Å²) < 4.78 is 0. The highest BCUT2D eigenvalue weighted by atomic mass is 35.5. The van der Waals surface area contributed by atoms with Gasteiger partial charge in [-0.15, -0.1) is 11.6 Å². The summed E-state index contributed by atoms with van der Waals surface area (Å²) in [5.74, 6) is 0.506. The van der Waals surface area contributed by atoms with Crippen LogP contribution in [0.15, 0.2) is 0 Å². The van der Waals surface area contributed by atoms with Gasteiger partial charge in [-0.05, 0) is 44.4 Å². The van der Waals surface area contributed by atoms with E-state index >= 15 is 0 Å². The van der Waals surface area contributed by atoms with Crippen LogP contribution in [-0.2, 0) is 9.59 Å². The fourth-order valence-corrected chi connectivity index (χ4v) is 4.15. The molecular weight excluding hydrogens is 324 g/mol. The zero-order chi connectivity index (χ0) is 17.8. The van der Waals surface area contributed by atoms with Crippen LogP contribution in [0.3, 0.4) is 0 Å². The fourth-order valence-electron chi connectivity index (χ4n) is 3.87. The highest BCUT2D eigenvalue weighted by Gasteiger charge is 2.33. The van der Waals surface area contributed by atoms with Crippen molar-refractivity contribution in [2.75, 3.05) is 0 Å². The van der Waals surface area contributed by atoms with Gasteiger partial charge < -0.3 is 5.11 Å². The number of Topliss-reactive ketones (excluding diaryl/α,β-unsaturated/α-hetero) is 1. The molecule has 0 amide bonds. The van der Waals surface area contributed by atoms with Crippen LogP contribution in [0.5, 0.6) is 0 Å². The number of carbonyl (C=O) groups excluding carboxylic acids is 1. The van der Waals surface area contributed by atoms with Gasteiger partial charge in [-0.3, -0.25) is 9.59 Å². The molecule has 3 nitrogen and oxygen atoms in total. The van der Waals surface area contributed by atoms with Crippen LogP contribution in [0, 0.1) is 11.8 Å². The van der Waals surface area contributed by atoms with Crippen molar-refractivity contribution in [1.82, 2.24) is 0 Å². The number of carbonyl (C=O) groups is 2. The van der Waals surface area contributed by atoms with E-state index in [9.17, 15) is 9.59 Å². The minimum Gasteiger partial charge on any atom is -0.481 e. The van der Waals surface area contributed by atoms with E-state index in [1.54, 1.807) is 0 Å². The monoisotopic (exact) mass is 358 g/mol. The summed E-state index contributed by atoms with van der Waals surface area (Å²) in [6, 6.07) is 0. The van der Waals surface area contributed by atoms with E-state index in [1.807, 2.05) is 0 Å². The largest absolute Gasteiger partial charge is 0.481 e. The average Bonchev–Trinajstić information content (AvgIpc) is 2.89. The summed E-state index contributed by atoms with van der Waals surface area (Å²) in [7, 11) is 0. The Balaban J connectivity index is 2.19. The lowest BCUT2D eigenvalue weighted by molar-refractivity contribution is -0.137. The second-order valence-electron chi connectivity index (χ2n) is 7.39. The van der Waals surface area contributed by atoms with Crippen LogP contribution in [0.2, 0.25) is 0 Å². The standard InChI is InChI=1S/C20H35ClO3/c1-2-3-6-9-17(21)14-12-16-13-15-19(22)18(16)10-7-4-5-8-11-20(23)24/h16-18H,2-15H2,1H3,(H,23,24)/t16-,17?,18+/m0/s1. The van der Waals surface area contributed by atoms with Crippen molar-refractivity contribution >= 4 is 23.4 Å². The number of hydrogen-bond donors (Lipinski definition) is 1. The SMILES string of the molecule is CCCCCC(Cl)CC[C@H]1CCC(=O)[C@@H]1CCCCCCC(=O)O. The normalized spacial score (nSPS) is 22.0.